The third-order valence-electron chi connectivity index (χ3n) is 6.01. The summed E-state index contributed by atoms with van der Waals surface area (Å²) in [6, 6.07) is 13.2. The maximum absolute atomic E-state index is 14.0. The highest BCUT2D eigenvalue weighted by Crippen LogP contribution is 2.18. The number of likely N-dealkylation sites (tertiary alicyclic amines) is 1. The predicted octanol–water partition coefficient (Wildman–Crippen LogP) is 5.34. The Morgan fingerprint density at radius 2 is 1.85 bits per heavy atom. The maximum Gasteiger partial charge on any atom is 0.322 e. The van der Waals surface area contributed by atoms with Crippen molar-refractivity contribution in [2.75, 3.05) is 25.0 Å². The van der Waals surface area contributed by atoms with Crippen molar-refractivity contribution in [2.24, 2.45) is 0 Å². The first-order chi connectivity index (χ1) is 16.5. The Bertz CT molecular complexity index is 1120. The molecular weight excluding hydrogens is 435 g/mol. The molecule has 0 bridgehead atoms. The second kappa shape index (κ2) is 11.0. The van der Waals surface area contributed by atoms with Crippen molar-refractivity contribution in [2.45, 2.75) is 45.7 Å². The second-order valence-corrected chi connectivity index (χ2v) is 8.58. The third kappa shape index (κ3) is 5.68. The number of halogens is 1. The van der Waals surface area contributed by atoms with E-state index >= 15 is 0 Å². The summed E-state index contributed by atoms with van der Waals surface area (Å²) in [5.74, 6) is 0.513. The van der Waals surface area contributed by atoms with Gasteiger partial charge in [-0.2, -0.15) is 0 Å². The Morgan fingerprint density at radius 3 is 2.62 bits per heavy atom. The summed E-state index contributed by atoms with van der Waals surface area (Å²) in [4.78, 5) is 29.1. The minimum absolute atomic E-state index is 0.0578. The fourth-order valence-corrected chi connectivity index (χ4v) is 4.22. The van der Waals surface area contributed by atoms with E-state index < -0.39 is 5.82 Å². The Kier molecular flexibility index (Phi) is 7.67. The van der Waals surface area contributed by atoms with Crippen molar-refractivity contribution < 1.29 is 18.4 Å². The molecule has 1 fully saturated rings. The van der Waals surface area contributed by atoms with Gasteiger partial charge >= 0.3 is 6.03 Å². The van der Waals surface area contributed by atoms with Crippen molar-refractivity contribution in [3.63, 3.8) is 0 Å². The fraction of sp³-hybridized carbons (Fsp3) is 0.385. The summed E-state index contributed by atoms with van der Waals surface area (Å²) in [7, 11) is 0. The van der Waals surface area contributed by atoms with Gasteiger partial charge in [-0.15, -0.1) is 0 Å². The van der Waals surface area contributed by atoms with Gasteiger partial charge in [0.15, 0.2) is 5.76 Å². The smallest absolute Gasteiger partial charge is 0.322 e. The van der Waals surface area contributed by atoms with E-state index in [4.69, 9.17) is 4.42 Å². The Balaban J connectivity index is 1.42. The molecule has 0 saturated carbocycles. The molecule has 34 heavy (non-hydrogen) atoms. The van der Waals surface area contributed by atoms with Gasteiger partial charge in [-0.25, -0.2) is 9.18 Å². The molecule has 0 spiro atoms. The normalized spacial score (nSPS) is 13.6. The number of furan rings is 1. The van der Waals surface area contributed by atoms with Crippen LogP contribution in [0, 0.1) is 5.82 Å². The van der Waals surface area contributed by atoms with Gasteiger partial charge in [-0.3, -0.25) is 4.79 Å². The summed E-state index contributed by atoms with van der Waals surface area (Å²) in [6.07, 6.45) is 5.92. The summed E-state index contributed by atoms with van der Waals surface area (Å²) in [5, 5.41) is 2.67. The van der Waals surface area contributed by atoms with Crippen LogP contribution in [-0.2, 0) is 13.1 Å². The van der Waals surface area contributed by atoms with Gasteiger partial charge in [-0.05, 0) is 62.1 Å². The molecule has 4 rings (SSSR count). The Morgan fingerprint density at radius 1 is 1.06 bits per heavy atom. The number of nitrogens with zero attached hydrogens (tertiary/aromatic N) is 3. The Hall–Kier alpha value is -3.55. The van der Waals surface area contributed by atoms with Crippen LogP contribution in [0.3, 0.4) is 0 Å². The highest BCUT2D eigenvalue weighted by molar-refractivity contribution is 5.91. The first-order valence-electron chi connectivity index (χ1n) is 11.9. The maximum atomic E-state index is 14.0. The Labute approximate surface area is 199 Å². The lowest BCUT2D eigenvalue weighted by Crippen LogP contribution is -2.36. The van der Waals surface area contributed by atoms with Crippen molar-refractivity contribution in [1.29, 1.82) is 0 Å². The number of nitrogens with one attached hydrogen (secondary N) is 1. The van der Waals surface area contributed by atoms with E-state index in [9.17, 15) is 14.0 Å². The van der Waals surface area contributed by atoms with Gasteiger partial charge in [0.05, 0.1) is 18.8 Å². The standard InChI is InChI=1S/C26H31FN4O3/c1-2-14-31(26(33)28-23-11-5-4-10-22(23)27)18-20-9-8-17-30(20)19-21-12-13-24(34-21)25(32)29-15-6-3-7-16-29/h4-5,8-13,17H,2-3,6-7,14-16,18-19H2,1H3,(H,28,33). The summed E-state index contributed by atoms with van der Waals surface area (Å²) in [6.45, 7) is 4.89. The molecule has 8 heteroatoms. The summed E-state index contributed by atoms with van der Waals surface area (Å²) >= 11 is 0. The minimum Gasteiger partial charge on any atom is -0.454 e. The van der Waals surface area contributed by atoms with Crippen LogP contribution >= 0.6 is 0 Å². The molecule has 1 aromatic carbocycles. The van der Waals surface area contributed by atoms with Crippen molar-refractivity contribution in [3.8, 4) is 0 Å². The highest BCUT2D eigenvalue weighted by atomic mass is 19.1. The van der Waals surface area contributed by atoms with E-state index in [-0.39, 0.29) is 17.6 Å². The molecule has 3 amide bonds. The number of rotatable bonds is 8. The van der Waals surface area contributed by atoms with Gasteiger partial charge in [0.1, 0.15) is 11.6 Å². The SMILES string of the molecule is CCCN(Cc1cccn1Cc1ccc(C(=O)N2CCCCC2)o1)C(=O)Nc1ccccc1F. The number of hydrogen-bond donors (Lipinski definition) is 1. The molecule has 1 aliphatic rings. The van der Waals surface area contributed by atoms with Crippen LogP contribution in [0.15, 0.2) is 59.1 Å². The van der Waals surface area contributed by atoms with E-state index in [2.05, 4.69) is 5.32 Å². The van der Waals surface area contributed by atoms with E-state index in [1.54, 1.807) is 29.2 Å². The lowest BCUT2D eigenvalue weighted by Gasteiger charge is -2.25. The fourth-order valence-electron chi connectivity index (χ4n) is 4.22. The number of urea groups is 1. The van der Waals surface area contributed by atoms with Crippen LogP contribution in [0.5, 0.6) is 0 Å². The summed E-state index contributed by atoms with van der Waals surface area (Å²) < 4.78 is 21.9. The number of para-hydroxylation sites is 1. The third-order valence-corrected chi connectivity index (χ3v) is 6.01. The molecule has 1 N–H and O–H groups in total. The van der Waals surface area contributed by atoms with E-state index in [1.165, 1.54) is 6.07 Å². The quantitative estimate of drug-likeness (QED) is 0.487. The second-order valence-electron chi connectivity index (χ2n) is 8.58. The molecule has 1 saturated heterocycles. The molecule has 3 heterocycles. The highest BCUT2D eigenvalue weighted by Gasteiger charge is 2.22. The number of benzene rings is 1. The number of aromatic nitrogens is 1. The first-order valence-corrected chi connectivity index (χ1v) is 11.9. The average Bonchev–Trinajstić information content (AvgIpc) is 3.50. The molecule has 0 radical (unpaired) electrons. The van der Waals surface area contributed by atoms with E-state index in [0.29, 0.717) is 31.2 Å². The van der Waals surface area contributed by atoms with Crippen LogP contribution in [0.4, 0.5) is 14.9 Å². The van der Waals surface area contributed by atoms with Gasteiger partial charge in [-0.1, -0.05) is 19.1 Å². The van der Waals surface area contributed by atoms with Crippen LogP contribution in [0.2, 0.25) is 0 Å². The van der Waals surface area contributed by atoms with Gasteiger partial charge in [0.25, 0.3) is 5.91 Å². The molecule has 7 nitrogen and oxygen atoms in total. The number of piperidine rings is 1. The van der Waals surface area contributed by atoms with Crippen molar-refractivity contribution in [3.05, 3.63) is 77.8 Å². The lowest BCUT2D eigenvalue weighted by molar-refractivity contribution is 0.0690. The first kappa shape index (κ1) is 23.6. The largest absolute Gasteiger partial charge is 0.454 e. The molecule has 0 aliphatic carbocycles. The van der Waals surface area contributed by atoms with Gasteiger partial charge in [0, 0.05) is 31.5 Å². The van der Waals surface area contributed by atoms with E-state index in [0.717, 1.165) is 44.5 Å². The molecule has 1 aliphatic heterocycles. The summed E-state index contributed by atoms with van der Waals surface area (Å²) in [5.41, 5.74) is 1.07. The number of anilines is 1. The average molecular weight is 467 g/mol. The molecule has 0 atom stereocenters. The molecule has 0 unspecified atom stereocenters. The van der Waals surface area contributed by atoms with Crippen molar-refractivity contribution in [1.82, 2.24) is 14.4 Å². The number of carbonyl (C=O) groups excluding carboxylic acids is 2. The number of carbonyl (C=O) groups is 2. The zero-order chi connectivity index (χ0) is 23.9. The van der Waals surface area contributed by atoms with Crippen LogP contribution in [-0.4, -0.2) is 45.9 Å². The molecular formula is C26H31FN4O3. The molecule has 180 valence electrons. The topological polar surface area (TPSA) is 70.7 Å². The van der Waals surface area contributed by atoms with Gasteiger partial charge < -0.3 is 24.1 Å². The van der Waals surface area contributed by atoms with Crippen LogP contribution < -0.4 is 5.32 Å². The minimum atomic E-state index is -0.469. The van der Waals surface area contributed by atoms with Crippen LogP contribution in [0.1, 0.15) is 54.6 Å². The zero-order valence-electron chi connectivity index (χ0n) is 19.5. The van der Waals surface area contributed by atoms with Crippen LogP contribution in [0.25, 0.3) is 0 Å². The lowest BCUT2D eigenvalue weighted by atomic mass is 10.1. The monoisotopic (exact) mass is 466 g/mol. The van der Waals surface area contributed by atoms with Gasteiger partial charge in [0.2, 0.25) is 0 Å². The van der Waals surface area contributed by atoms with E-state index in [1.807, 2.05) is 40.8 Å². The number of amides is 3. The molecule has 3 aromatic rings. The number of hydrogen-bond acceptors (Lipinski definition) is 3. The van der Waals surface area contributed by atoms with Crippen molar-refractivity contribution >= 4 is 17.6 Å². The predicted molar refractivity (Wildman–Crippen MR) is 128 cm³/mol. The zero-order valence-corrected chi connectivity index (χ0v) is 19.5. The molecule has 2 aromatic heterocycles.